The van der Waals surface area contributed by atoms with Gasteiger partial charge in [-0.3, -0.25) is 0 Å². The minimum atomic E-state index is -4.84. The number of aryl methyl sites for hydroxylation is 1. The molecule has 2 heterocycles. The second kappa shape index (κ2) is 7.88. The Morgan fingerprint density at radius 3 is 2.33 bits per heavy atom. The number of hydrogen-bond acceptors (Lipinski definition) is 6. The Labute approximate surface area is 184 Å². The molecule has 0 unspecified atom stereocenters. The number of nitriles is 2. The molecule has 0 bridgehead atoms. The van der Waals surface area contributed by atoms with E-state index in [4.69, 9.17) is 5.73 Å². The molecule has 0 amide bonds. The van der Waals surface area contributed by atoms with Gasteiger partial charge in [-0.2, -0.15) is 33.8 Å². The third-order valence-electron chi connectivity index (χ3n) is 4.95. The summed E-state index contributed by atoms with van der Waals surface area (Å²) in [4.78, 5) is 8.40. The Morgan fingerprint density at radius 2 is 1.73 bits per heavy atom. The predicted molar refractivity (Wildman–Crippen MR) is 110 cm³/mol. The van der Waals surface area contributed by atoms with Crippen LogP contribution in [0.15, 0.2) is 36.4 Å². The van der Waals surface area contributed by atoms with Crippen molar-refractivity contribution in [2.45, 2.75) is 19.6 Å². The van der Waals surface area contributed by atoms with Crippen molar-refractivity contribution in [3.8, 4) is 23.4 Å². The van der Waals surface area contributed by atoms with Crippen molar-refractivity contribution >= 4 is 17.0 Å². The van der Waals surface area contributed by atoms with Gasteiger partial charge in [0.15, 0.2) is 5.65 Å². The van der Waals surface area contributed by atoms with Crippen molar-refractivity contribution in [1.29, 1.82) is 10.5 Å². The molecule has 0 aliphatic heterocycles. The highest BCUT2D eigenvalue weighted by Crippen LogP contribution is 2.34. The highest BCUT2D eigenvalue weighted by Gasteiger charge is 2.35. The van der Waals surface area contributed by atoms with Gasteiger partial charge in [0.2, 0.25) is 5.95 Å². The molecule has 4 rings (SSSR count). The fourth-order valence-electron chi connectivity index (χ4n) is 3.56. The number of anilines is 1. The molecule has 0 atom stereocenters. The van der Waals surface area contributed by atoms with Crippen molar-refractivity contribution in [2.24, 2.45) is 0 Å². The number of nitrogens with two attached hydrogens (primary N) is 1. The van der Waals surface area contributed by atoms with E-state index in [-0.39, 0.29) is 34.8 Å². The molecule has 164 valence electrons. The molecular formula is C22H13F4N7. The van der Waals surface area contributed by atoms with Crippen LogP contribution in [0.25, 0.3) is 22.3 Å². The number of alkyl halides is 3. The normalized spacial score (nSPS) is 11.4. The van der Waals surface area contributed by atoms with E-state index in [9.17, 15) is 28.1 Å². The Hall–Kier alpha value is -4.51. The van der Waals surface area contributed by atoms with Crippen LogP contribution in [-0.4, -0.2) is 19.7 Å². The van der Waals surface area contributed by atoms with E-state index in [0.29, 0.717) is 28.4 Å². The molecule has 33 heavy (non-hydrogen) atoms. The Morgan fingerprint density at radius 1 is 1.06 bits per heavy atom. The lowest BCUT2D eigenvalue weighted by molar-refractivity contribution is -0.140. The van der Waals surface area contributed by atoms with Gasteiger partial charge in [-0.15, -0.1) is 0 Å². The summed E-state index contributed by atoms with van der Waals surface area (Å²) in [7, 11) is 0. The van der Waals surface area contributed by atoms with Gasteiger partial charge in [0.1, 0.15) is 5.82 Å². The number of fused-ring (bicyclic) bond motifs is 1. The molecule has 0 radical (unpaired) electrons. The molecule has 0 aliphatic rings. The number of hydrogen-bond donors (Lipinski definition) is 1. The molecule has 11 heteroatoms. The lowest BCUT2D eigenvalue weighted by Crippen LogP contribution is -2.12. The number of nitrogen functional groups attached to an aromatic ring is 1. The summed E-state index contributed by atoms with van der Waals surface area (Å²) in [5.74, 6) is -1.56. The molecule has 2 N–H and O–H groups in total. The number of aromatic nitrogens is 4. The molecular weight excluding hydrogens is 438 g/mol. The van der Waals surface area contributed by atoms with Crippen molar-refractivity contribution in [2.75, 3.05) is 5.73 Å². The van der Waals surface area contributed by atoms with E-state index >= 15 is 0 Å². The van der Waals surface area contributed by atoms with Crippen molar-refractivity contribution < 1.29 is 17.6 Å². The topological polar surface area (TPSA) is 117 Å². The summed E-state index contributed by atoms with van der Waals surface area (Å²) in [6.45, 7) is 1.29. The number of benzene rings is 2. The Bertz CT molecular complexity index is 1460. The summed E-state index contributed by atoms with van der Waals surface area (Å²) in [6.07, 6.45) is -4.84. The molecule has 0 spiro atoms. The van der Waals surface area contributed by atoms with Crippen LogP contribution in [0.3, 0.4) is 0 Å². The first kappa shape index (κ1) is 21.7. The minimum absolute atomic E-state index is 0.163. The standard InChI is InChI=1S/C22H13F4N7/c1-11-17-19(15-6-12(8-27)5-13(7-15)9-28)30-21(29)31-20(17)33(32-11)10-14-3-2-4-16(18(14)23)22(24,25)26/h2-7H,10H2,1H3,(H2,29,30,31). The monoisotopic (exact) mass is 451 g/mol. The second-order valence-electron chi connectivity index (χ2n) is 7.17. The number of nitrogens with zero attached hydrogens (tertiary/aromatic N) is 6. The highest BCUT2D eigenvalue weighted by molar-refractivity contribution is 5.94. The van der Waals surface area contributed by atoms with Crippen LogP contribution < -0.4 is 5.73 Å². The quantitative estimate of drug-likeness (QED) is 0.463. The summed E-state index contributed by atoms with van der Waals surface area (Å²) >= 11 is 0. The first-order valence-corrected chi connectivity index (χ1v) is 9.43. The third kappa shape index (κ3) is 3.92. The second-order valence-corrected chi connectivity index (χ2v) is 7.17. The summed E-state index contributed by atoms with van der Waals surface area (Å²) in [5, 5.41) is 23.3. The van der Waals surface area contributed by atoms with E-state index < -0.39 is 17.6 Å². The van der Waals surface area contributed by atoms with Gasteiger partial charge >= 0.3 is 6.18 Å². The Kier molecular flexibility index (Phi) is 5.18. The van der Waals surface area contributed by atoms with Gasteiger partial charge < -0.3 is 5.73 Å². The Balaban J connectivity index is 1.90. The maximum atomic E-state index is 14.6. The van der Waals surface area contributed by atoms with Gasteiger partial charge in [0.05, 0.1) is 52.1 Å². The van der Waals surface area contributed by atoms with Crippen LogP contribution in [0, 0.1) is 35.4 Å². The van der Waals surface area contributed by atoms with Gasteiger partial charge in [-0.05, 0) is 31.2 Å². The van der Waals surface area contributed by atoms with Crippen LogP contribution in [-0.2, 0) is 12.7 Å². The summed E-state index contributed by atoms with van der Waals surface area (Å²) in [5.41, 5.74) is 6.01. The predicted octanol–water partition coefficient (Wildman–Crippen LogP) is 4.33. The van der Waals surface area contributed by atoms with E-state index in [1.165, 1.54) is 28.9 Å². The van der Waals surface area contributed by atoms with Gasteiger partial charge in [-0.25, -0.2) is 14.1 Å². The van der Waals surface area contributed by atoms with Crippen molar-refractivity contribution in [3.63, 3.8) is 0 Å². The van der Waals surface area contributed by atoms with Crippen LogP contribution in [0.5, 0.6) is 0 Å². The van der Waals surface area contributed by atoms with Crippen LogP contribution in [0.4, 0.5) is 23.5 Å². The number of halogens is 4. The maximum absolute atomic E-state index is 14.6. The van der Waals surface area contributed by atoms with Gasteiger partial charge in [0.25, 0.3) is 0 Å². The molecule has 0 aliphatic carbocycles. The molecule has 2 aromatic heterocycles. The SMILES string of the molecule is Cc1nn(Cc2cccc(C(F)(F)F)c2F)c2nc(N)nc(-c3cc(C#N)cc(C#N)c3)c12. The average Bonchev–Trinajstić information content (AvgIpc) is 3.08. The van der Waals surface area contributed by atoms with Gasteiger partial charge in [0, 0.05) is 11.1 Å². The van der Waals surface area contributed by atoms with E-state index in [1.807, 2.05) is 12.1 Å². The van der Waals surface area contributed by atoms with E-state index in [0.717, 1.165) is 6.07 Å². The first-order chi connectivity index (χ1) is 15.6. The smallest absolute Gasteiger partial charge is 0.368 e. The zero-order valence-corrected chi connectivity index (χ0v) is 16.9. The van der Waals surface area contributed by atoms with Crippen molar-refractivity contribution in [3.05, 3.63) is 70.2 Å². The number of rotatable bonds is 3. The molecule has 0 fully saturated rings. The van der Waals surface area contributed by atoms with E-state index in [1.54, 1.807) is 6.92 Å². The average molecular weight is 451 g/mol. The zero-order valence-electron chi connectivity index (χ0n) is 16.9. The van der Waals surface area contributed by atoms with E-state index in [2.05, 4.69) is 15.1 Å². The van der Waals surface area contributed by atoms with Crippen molar-refractivity contribution in [1.82, 2.24) is 19.7 Å². The minimum Gasteiger partial charge on any atom is -0.368 e. The van der Waals surface area contributed by atoms with Crippen LogP contribution in [0.1, 0.15) is 27.9 Å². The highest BCUT2D eigenvalue weighted by atomic mass is 19.4. The molecule has 4 aromatic rings. The van der Waals surface area contributed by atoms with Crippen LogP contribution >= 0.6 is 0 Å². The molecule has 0 saturated carbocycles. The maximum Gasteiger partial charge on any atom is 0.419 e. The lowest BCUT2D eigenvalue weighted by atomic mass is 10.0. The zero-order chi connectivity index (χ0) is 23.9. The third-order valence-corrected chi connectivity index (χ3v) is 4.95. The molecule has 0 saturated heterocycles. The molecule has 2 aromatic carbocycles. The summed E-state index contributed by atoms with van der Waals surface area (Å²) < 4.78 is 55.1. The first-order valence-electron chi connectivity index (χ1n) is 9.43. The lowest BCUT2D eigenvalue weighted by Gasteiger charge is -2.12. The van der Waals surface area contributed by atoms with Crippen LogP contribution in [0.2, 0.25) is 0 Å². The fraction of sp³-hybridized carbons (Fsp3) is 0.136. The summed E-state index contributed by atoms with van der Waals surface area (Å²) in [6, 6.07) is 11.4. The van der Waals surface area contributed by atoms with Gasteiger partial charge in [-0.1, -0.05) is 12.1 Å². The largest absolute Gasteiger partial charge is 0.419 e. The molecule has 7 nitrogen and oxygen atoms in total. The fourth-order valence-corrected chi connectivity index (χ4v) is 3.56.